The second-order valence-electron chi connectivity index (χ2n) is 8.14. The van der Waals surface area contributed by atoms with Gasteiger partial charge >= 0.3 is 0 Å². The summed E-state index contributed by atoms with van der Waals surface area (Å²) in [4.78, 5) is 0. The molecule has 1 rings (SSSR count). The van der Waals surface area contributed by atoms with Gasteiger partial charge < -0.3 is 5.11 Å². The lowest BCUT2D eigenvalue weighted by Gasteiger charge is -2.45. The molecule has 1 nitrogen and oxygen atoms in total. The average Bonchev–Trinajstić information content (AvgIpc) is 1.94. The molecule has 96 valence electrons. The van der Waals surface area contributed by atoms with Gasteiger partial charge in [-0.3, -0.25) is 0 Å². The van der Waals surface area contributed by atoms with Gasteiger partial charge in [0.25, 0.3) is 0 Å². The zero-order valence-corrected chi connectivity index (χ0v) is 12.1. The van der Waals surface area contributed by atoms with Crippen molar-refractivity contribution >= 4 is 0 Å². The summed E-state index contributed by atoms with van der Waals surface area (Å²) in [5.41, 5.74) is 0.235. The van der Waals surface area contributed by atoms with Crippen LogP contribution in [0.1, 0.15) is 73.6 Å². The molecule has 1 fully saturated rings. The molecule has 0 aromatic rings. The van der Waals surface area contributed by atoms with Crippen molar-refractivity contribution in [1.82, 2.24) is 0 Å². The molecule has 1 aliphatic rings. The van der Waals surface area contributed by atoms with E-state index in [2.05, 4.69) is 41.5 Å². The highest BCUT2D eigenvalue weighted by molar-refractivity contribution is 4.93. The molecule has 0 saturated heterocycles. The Hall–Kier alpha value is -0.0400. The lowest BCUT2D eigenvalue weighted by Crippen LogP contribution is -2.42. The summed E-state index contributed by atoms with van der Waals surface area (Å²) >= 11 is 0. The lowest BCUT2D eigenvalue weighted by atomic mass is 9.64. The molecule has 0 aromatic carbocycles. The average molecular weight is 226 g/mol. The van der Waals surface area contributed by atoms with Gasteiger partial charge in [0.15, 0.2) is 0 Å². The highest BCUT2D eigenvalue weighted by atomic mass is 16.3. The van der Waals surface area contributed by atoms with Crippen LogP contribution in [0.5, 0.6) is 0 Å². The second kappa shape index (κ2) is 4.33. The van der Waals surface area contributed by atoms with E-state index >= 15 is 0 Å². The quantitative estimate of drug-likeness (QED) is 0.740. The molecule has 0 amide bonds. The van der Waals surface area contributed by atoms with E-state index in [1.54, 1.807) is 0 Å². The fourth-order valence-corrected chi connectivity index (χ4v) is 3.50. The molecule has 16 heavy (non-hydrogen) atoms. The maximum absolute atomic E-state index is 10.7. The van der Waals surface area contributed by atoms with Crippen LogP contribution >= 0.6 is 0 Å². The van der Waals surface area contributed by atoms with Gasteiger partial charge in [0.1, 0.15) is 0 Å². The summed E-state index contributed by atoms with van der Waals surface area (Å²) < 4.78 is 0. The van der Waals surface area contributed by atoms with E-state index in [9.17, 15) is 5.11 Å². The van der Waals surface area contributed by atoms with Gasteiger partial charge in [0.2, 0.25) is 0 Å². The van der Waals surface area contributed by atoms with Gasteiger partial charge in [-0.2, -0.15) is 0 Å². The van der Waals surface area contributed by atoms with Crippen LogP contribution in [-0.2, 0) is 0 Å². The third-order valence-electron chi connectivity index (χ3n) is 3.78. The fourth-order valence-electron chi connectivity index (χ4n) is 3.50. The summed E-state index contributed by atoms with van der Waals surface area (Å²) in [6.07, 6.45) is 5.30. The zero-order valence-electron chi connectivity index (χ0n) is 12.1. The summed E-state index contributed by atoms with van der Waals surface area (Å²) in [6, 6.07) is 0. The van der Waals surface area contributed by atoms with Crippen LogP contribution in [0, 0.1) is 16.7 Å². The van der Waals surface area contributed by atoms with Crippen LogP contribution in [0.4, 0.5) is 0 Å². The minimum absolute atomic E-state index is 0.310. The summed E-state index contributed by atoms with van der Waals surface area (Å²) in [5.74, 6) is 0.661. The van der Waals surface area contributed by atoms with Crippen LogP contribution in [0.2, 0.25) is 0 Å². The standard InChI is InChI=1S/C15H30O/c1-12-9-14(5,6)11-15(16,10-12)8-7-13(2,3)4/h12,16H,7-11H2,1-6H3. The molecule has 0 aliphatic heterocycles. The first-order valence-corrected chi connectivity index (χ1v) is 6.74. The first kappa shape index (κ1) is 14.0. The topological polar surface area (TPSA) is 20.2 Å². The van der Waals surface area contributed by atoms with Crippen molar-refractivity contribution in [3.63, 3.8) is 0 Å². The van der Waals surface area contributed by atoms with Gasteiger partial charge in [-0.1, -0.05) is 41.5 Å². The predicted molar refractivity (Wildman–Crippen MR) is 70.4 cm³/mol. The predicted octanol–water partition coefficient (Wildman–Crippen LogP) is 4.39. The lowest BCUT2D eigenvalue weighted by molar-refractivity contribution is -0.0691. The van der Waals surface area contributed by atoms with Crippen molar-refractivity contribution in [2.45, 2.75) is 79.2 Å². The SMILES string of the molecule is CC1CC(C)(C)CC(O)(CCC(C)(C)C)C1. The number of hydrogen-bond acceptors (Lipinski definition) is 1. The highest BCUT2D eigenvalue weighted by Gasteiger charge is 2.41. The minimum atomic E-state index is -0.408. The molecule has 0 spiro atoms. The molecule has 0 radical (unpaired) electrons. The van der Waals surface area contributed by atoms with Crippen LogP contribution in [0.15, 0.2) is 0 Å². The molecular formula is C15H30O. The van der Waals surface area contributed by atoms with Gasteiger partial charge in [0, 0.05) is 0 Å². The minimum Gasteiger partial charge on any atom is -0.390 e. The van der Waals surface area contributed by atoms with E-state index < -0.39 is 5.60 Å². The third-order valence-corrected chi connectivity index (χ3v) is 3.78. The molecule has 2 atom stereocenters. The molecule has 1 N–H and O–H groups in total. The molecule has 2 unspecified atom stereocenters. The summed E-state index contributed by atoms with van der Waals surface area (Å²) in [7, 11) is 0. The fraction of sp³-hybridized carbons (Fsp3) is 1.00. The zero-order chi connectivity index (χ0) is 12.6. The van der Waals surface area contributed by atoms with E-state index in [4.69, 9.17) is 0 Å². The van der Waals surface area contributed by atoms with Crippen molar-refractivity contribution in [2.75, 3.05) is 0 Å². The number of hydrogen-bond donors (Lipinski definition) is 1. The van der Waals surface area contributed by atoms with E-state index in [-0.39, 0.29) is 0 Å². The van der Waals surface area contributed by atoms with Crippen LogP contribution in [-0.4, -0.2) is 10.7 Å². The summed E-state index contributed by atoms with van der Waals surface area (Å²) in [6.45, 7) is 13.6. The van der Waals surface area contributed by atoms with E-state index in [0.29, 0.717) is 16.7 Å². The Morgan fingerprint density at radius 3 is 2.19 bits per heavy atom. The first-order valence-electron chi connectivity index (χ1n) is 6.74. The van der Waals surface area contributed by atoms with Gasteiger partial charge in [-0.05, 0) is 48.9 Å². The Kier molecular flexibility index (Phi) is 3.79. The Morgan fingerprint density at radius 2 is 1.75 bits per heavy atom. The highest BCUT2D eigenvalue weighted by Crippen LogP contribution is 2.46. The van der Waals surface area contributed by atoms with Gasteiger partial charge in [-0.15, -0.1) is 0 Å². The van der Waals surface area contributed by atoms with Crippen molar-refractivity contribution in [2.24, 2.45) is 16.7 Å². The van der Waals surface area contributed by atoms with E-state index in [1.165, 1.54) is 6.42 Å². The van der Waals surface area contributed by atoms with Crippen LogP contribution < -0.4 is 0 Å². The Labute approximate surface area is 102 Å². The van der Waals surface area contributed by atoms with Gasteiger partial charge in [-0.25, -0.2) is 0 Å². The van der Waals surface area contributed by atoms with Crippen molar-refractivity contribution in [3.8, 4) is 0 Å². The number of rotatable bonds is 2. The van der Waals surface area contributed by atoms with Crippen LogP contribution in [0.25, 0.3) is 0 Å². The first-order chi connectivity index (χ1) is 7.02. The van der Waals surface area contributed by atoms with Gasteiger partial charge in [0.05, 0.1) is 5.60 Å². The second-order valence-corrected chi connectivity index (χ2v) is 8.14. The van der Waals surface area contributed by atoms with Crippen molar-refractivity contribution < 1.29 is 5.11 Å². The Bertz CT molecular complexity index is 236. The monoisotopic (exact) mass is 226 g/mol. The molecule has 1 saturated carbocycles. The van der Waals surface area contributed by atoms with E-state index in [0.717, 1.165) is 25.7 Å². The molecule has 0 aromatic heterocycles. The van der Waals surface area contributed by atoms with Crippen molar-refractivity contribution in [3.05, 3.63) is 0 Å². The Balaban J connectivity index is 2.62. The van der Waals surface area contributed by atoms with E-state index in [1.807, 2.05) is 0 Å². The largest absolute Gasteiger partial charge is 0.390 e. The maximum atomic E-state index is 10.7. The van der Waals surface area contributed by atoms with Crippen LogP contribution in [0.3, 0.4) is 0 Å². The summed E-state index contributed by atoms with van der Waals surface area (Å²) in [5, 5.41) is 10.7. The molecule has 1 heteroatoms. The smallest absolute Gasteiger partial charge is 0.0655 e. The maximum Gasteiger partial charge on any atom is 0.0655 e. The molecular weight excluding hydrogens is 196 g/mol. The number of aliphatic hydroxyl groups is 1. The molecule has 1 aliphatic carbocycles. The molecule has 0 bridgehead atoms. The normalized spacial score (nSPS) is 35.1. The third kappa shape index (κ3) is 4.45. The van der Waals surface area contributed by atoms with Crippen molar-refractivity contribution in [1.29, 1.82) is 0 Å². The Morgan fingerprint density at radius 1 is 1.19 bits per heavy atom. The molecule has 0 heterocycles.